The number of benzene rings is 1. The van der Waals surface area contributed by atoms with Crippen molar-refractivity contribution in [1.29, 1.82) is 0 Å². The Morgan fingerprint density at radius 3 is 2.55 bits per heavy atom. The molecule has 0 bridgehead atoms. The van der Waals surface area contributed by atoms with E-state index in [9.17, 15) is 19.8 Å². The zero-order valence-electron chi connectivity index (χ0n) is 10.9. The number of methoxy groups -OCH3 is 1. The fraction of sp³-hybridized carbons (Fsp3) is 0.385. The molecule has 0 saturated heterocycles. The number of phenolic OH excluding ortho intramolecular Hbond substituents is 2. The zero-order chi connectivity index (χ0) is 15.1. The summed E-state index contributed by atoms with van der Waals surface area (Å²) < 4.78 is 9.09. The number of carbonyl (C=O) groups excluding carboxylic acids is 2. The van der Waals surface area contributed by atoms with E-state index >= 15 is 0 Å². The Kier molecular flexibility index (Phi) is 5.79. The van der Waals surface area contributed by atoms with Gasteiger partial charge in [-0.1, -0.05) is 6.07 Å². The molecule has 0 amide bonds. The van der Waals surface area contributed by atoms with E-state index in [1.165, 1.54) is 12.1 Å². The molecule has 0 aliphatic rings. The second kappa shape index (κ2) is 7.34. The van der Waals surface area contributed by atoms with E-state index in [4.69, 9.17) is 9.84 Å². The van der Waals surface area contributed by atoms with Crippen molar-refractivity contribution in [3.8, 4) is 11.5 Å². The van der Waals surface area contributed by atoms with Crippen molar-refractivity contribution >= 4 is 11.9 Å². The normalized spacial score (nSPS) is 11.7. The number of ether oxygens (including phenoxy) is 2. The van der Waals surface area contributed by atoms with Crippen LogP contribution in [0, 0.1) is 0 Å². The fourth-order valence-corrected chi connectivity index (χ4v) is 1.44. The summed E-state index contributed by atoms with van der Waals surface area (Å²) in [6.45, 7) is 0.0247. The van der Waals surface area contributed by atoms with E-state index < -0.39 is 24.5 Å². The average Bonchev–Trinajstić information content (AvgIpc) is 2.41. The van der Waals surface area contributed by atoms with E-state index in [0.29, 0.717) is 12.0 Å². The second-order valence-corrected chi connectivity index (χ2v) is 4.04. The van der Waals surface area contributed by atoms with Crippen molar-refractivity contribution in [2.75, 3.05) is 13.7 Å². The Balaban J connectivity index is 2.35. The number of aromatic hydroxyl groups is 2. The van der Waals surface area contributed by atoms with Crippen LogP contribution in [-0.4, -0.2) is 47.1 Å². The minimum Gasteiger partial charge on any atom is -0.504 e. The van der Waals surface area contributed by atoms with Gasteiger partial charge in [-0.05, 0) is 17.7 Å². The van der Waals surface area contributed by atoms with Gasteiger partial charge in [0.05, 0.1) is 20.1 Å². The summed E-state index contributed by atoms with van der Waals surface area (Å²) in [4.78, 5) is 22.2. The summed E-state index contributed by atoms with van der Waals surface area (Å²) in [5.41, 5.74) is 0.668. The van der Waals surface area contributed by atoms with Gasteiger partial charge in [0.2, 0.25) is 0 Å². The SMILES string of the molecule is COC(=O)[C@H](O)CC(=O)OCCc1ccc(O)c(O)c1. The highest BCUT2D eigenvalue weighted by molar-refractivity contribution is 5.81. The van der Waals surface area contributed by atoms with Gasteiger partial charge in [0, 0.05) is 6.42 Å². The smallest absolute Gasteiger partial charge is 0.335 e. The molecule has 1 atom stereocenters. The molecule has 0 unspecified atom stereocenters. The number of rotatable bonds is 6. The second-order valence-electron chi connectivity index (χ2n) is 4.04. The van der Waals surface area contributed by atoms with Gasteiger partial charge in [0.1, 0.15) is 0 Å². The topological polar surface area (TPSA) is 113 Å². The fourth-order valence-electron chi connectivity index (χ4n) is 1.44. The number of hydrogen-bond donors (Lipinski definition) is 3. The van der Waals surface area contributed by atoms with E-state index in [1.807, 2.05) is 0 Å². The molecule has 3 N–H and O–H groups in total. The summed E-state index contributed by atoms with van der Waals surface area (Å²) >= 11 is 0. The molecule has 0 spiro atoms. The van der Waals surface area contributed by atoms with Gasteiger partial charge in [-0.15, -0.1) is 0 Å². The highest BCUT2D eigenvalue weighted by atomic mass is 16.5. The molecule has 0 fully saturated rings. The molecule has 0 saturated carbocycles. The number of phenols is 2. The average molecular weight is 284 g/mol. The van der Waals surface area contributed by atoms with E-state index in [2.05, 4.69) is 4.74 Å². The number of aliphatic hydroxyl groups excluding tert-OH is 1. The molecule has 0 radical (unpaired) electrons. The monoisotopic (exact) mass is 284 g/mol. The van der Waals surface area contributed by atoms with Crippen LogP contribution in [0.5, 0.6) is 11.5 Å². The maximum absolute atomic E-state index is 11.3. The molecule has 0 aromatic heterocycles. The van der Waals surface area contributed by atoms with Crippen molar-refractivity contribution < 1.29 is 34.4 Å². The Morgan fingerprint density at radius 1 is 1.25 bits per heavy atom. The number of hydrogen-bond acceptors (Lipinski definition) is 7. The van der Waals surface area contributed by atoms with Crippen LogP contribution in [0.15, 0.2) is 18.2 Å². The Morgan fingerprint density at radius 2 is 1.95 bits per heavy atom. The van der Waals surface area contributed by atoms with Crippen molar-refractivity contribution in [1.82, 2.24) is 0 Å². The lowest BCUT2D eigenvalue weighted by Crippen LogP contribution is -2.26. The standard InChI is InChI=1S/C13H16O7/c1-19-13(18)11(16)7-12(17)20-5-4-8-2-3-9(14)10(15)6-8/h2-3,6,11,14-16H,4-5,7H2,1H3/t11-/m1/s1. The largest absolute Gasteiger partial charge is 0.504 e. The molecule has 0 aliphatic carbocycles. The molecule has 0 heterocycles. The lowest BCUT2D eigenvalue weighted by molar-refractivity contribution is -0.157. The van der Waals surface area contributed by atoms with Crippen LogP contribution < -0.4 is 0 Å². The quantitative estimate of drug-likeness (QED) is 0.501. The molecule has 1 rings (SSSR count). The Labute approximate surface area is 115 Å². The molecule has 20 heavy (non-hydrogen) atoms. The molecule has 110 valence electrons. The minimum absolute atomic E-state index is 0.0247. The molecular formula is C13H16O7. The Bertz CT molecular complexity index is 484. The van der Waals surface area contributed by atoms with Crippen molar-refractivity contribution in [3.63, 3.8) is 0 Å². The summed E-state index contributed by atoms with van der Waals surface area (Å²) in [5, 5.41) is 27.6. The predicted octanol–water partition coefficient (Wildman–Crippen LogP) is 0.107. The lowest BCUT2D eigenvalue weighted by atomic mass is 10.1. The number of aliphatic hydroxyl groups is 1. The first-order valence-corrected chi connectivity index (χ1v) is 5.86. The number of esters is 2. The van der Waals surface area contributed by atoms with Crippen molar-refractivity contribution in [3.05, 3.63) is 23.8 Å². The maximum Gasteiger partial charge on any atom is 0.335 e. The predicted molar refractivity (Wildman–Crippen MR) is 67.1 cm³/mol. The molecule has 0 aliphatic heterocycles. The first kappa shape index (κ1) is 15.8. The van der Waals surface area contributed by atoms with Crippen LogP contribution in [0.1, 0.15) is 12.0 Å². The van der Waals surface area contributed by atoms with Crippen molar-refractivity contribution in [2.24, 2.45) is 0 Å². The Hall–Kier alpha value is -2.28. The minimum atomic E-state index is -1.54. The van der Waals surface area contributed by atoms with Gasteiger partial charge in [-0.3, -0.25) is 4.79 Å². The van der Waals surface area contributed by atoms with Gasteiger partial charge < -0.3 is 24.8 Å². The van der Waals surface area contributed by atoms with E-state index in [1.54, 1.807) is 6.07 Å². The summed E-state index contributed by atoms with van der Waals surface area (Å²) in [6, 6.07) is 4.26. The lowest BCUT2D eigenvalue weighted by Gasteiger charge is -2.09. The van der Waals surface area contributed by atoms with E-state index in [0.717, 1.165) is 7.11 Å². The highest BCUT2D eigenvalue weighted by Crippen LogP contribution is 2.24. The third-order valence-corrected chi connectivity index (χ3v) is 2.53. The molecule has 1 aromatic rings. The maximum atomic E-state index is 11.3. The zero-order valence-corrected chi connectivity index (χ0v) is 10.9. The van der Waals surface area contributed by atoms with Gasteiger partial charge >= 0.3 is 11.9 Å². The molecule has 1 aromatic carbocycles. The third-order valence-electron chi connectivity index (χ3n) is 2.53. The highest BCUT2D eigenvalue weighted by Gasteiger charge is 2.20. The summed E-state index contributed by atoms with van der Waals surface area (Å²) in [5.74, 6) is -2.11. The van der Waals surface area contributed by atoms with Crippen LogP contribution >= 0.6 is 0 Å². The summed E-state index contributed by atoms with van der Waals surface area (Å²) in [6.07, 6.45) is -1.69. The van der Waals surface area contributed by atoms with Gasteiger partial charge in [-0.25, -0.2) is 4.79 Å². The molecule has 7 nitrogen and oxygen atoms in total. The number of carbonyl (C=O) groups is 2. The van der Waals surface area contributed by atoms with Crippen LogP contribution in [0.3, 0.4) is 0 Å². The third kappa shape index (κ3) is 4.77. The van der Waals surface area contributed by atoms with Crippen LogP contribution in [-0.2, 0) is 25.5 Å². The first-order valence-electron chi connectivity index (χ1n) is 5.86. The molecular weight excluding hydrogens is 268 g/mol. The van der Waals surface area contributed by atoms with Gasteiger partial charge in [-0.2, -0.15) is 0 Å². The summed E-state index contributed by atoms with van der Waals surface area (Å²) in [7, 11) is 1.11. The van der Waals surface area contributed by atoms with Crippen molar-refractivity contribution in [2.45, 2.75) is 18.9 Å². The van der Waals surface area contributed by atoms with Gasteiger partial charge in [0.25, 0.3) is 0 Å². The molecule has 7 heteroatoms. The van der Waals surface area contributed by atoms with Crippen LogP contribution in [0.4, 0.5) is 0 Å². The van der Waals surface area contributed by atoms with Crippen LogP contribution in [0.2, 0.25) is 0 Å². The van der Waals surface area contributed by atoms with E-state index in [-0.39, 0.29) is 18.1 Å². The van der Waals surface area contributed by atoms with Gasteiger partial charge in [0.15, 0.2) is 17.6 Å². The first-order chi connectivity index (χ1) is 9.43. The van der Waals surface area contributed by atoms with Crippen LogP contribution in [0.25, 0.3) is 0 Å².